The van der Waals surface area contributed by atoms with Crippen LogP contribution in [0.1, 0.15) is 5.69 Å². The molecule has 0 aliphatic heterocycles. The van der Waals surface area contributed by atoms with E-state index in [9.17, 15) is 0 Å². The second-order valence-electron chi connectivity index (χ2n) is 5.82. The Morgan fingerprint density at radius 1 is 1.08 bits per heavy atom. The molecule has 0 saturated carbocycles. The van der Waals surface area contributed by atoms with Gasteiger partial charge in [0.15, 0.2) is 0 Å². The molecule has 0 fully saturated rings. The molecule has 1 radical (unpaired) electrons. The Labute approximate surface area is 145 Å². The lowest BCUT2D eigenvalue weighted by Crippen LogP contribution is -1.94. The minimum absolute atomic E-state index is 0.656. The Balaban J connectivity index is 2.01. The van der Waals surface area contributed by atoms with Crippen molar-refractivity contribution in [3.8, 4) is 28.3 Å². The zero-order valence-corrected chi connectivity index (χ0v) is 14.3. The van der Waals surface area contributed by atoms with Crippen LogP contribution in [0.25, 0.3) is 33.4 Å². The molecule has 0 amide bonds. The summed E-state index contributed by atoms with van der Waals surface area (Å²) in [5.41, 5.74) is 5.72. The van der Waals surface area contributed by atoms with Gasteiger partial charge in [0.05, 0.1) is 18.3 Å². The van der Waals surface area contributed by atoms with Gasteiger partial charge < -0.3 is 4.74 Å². The Bertz CT molecular complexity index is 1050. The molecule has 0 aliphatic rings. The molecule has 0 spiro atoms. The molecule has 0 N–H and O–H groups in total. The third kappa shape index (κ3) is 2.54. The summed E-state index contributed by atoms with van der Waals surface area (Å²) in [5.74, 6) is 0.656. The van der Waals surface area contributed by atoms with Crippen LogP contribution in [-0.4, -0.2) is 26.9 Å². The SMILES string of the molecule is COc1[c]cc2c(-c3c(-c4ccccc4)nn(C)c3C)ncnc2c1. The number of aryl methyl sites for hydroxylation is 1. The molecule has 4 rings (SSSR count). The summed E-state index contributed by atoms with van der Waals surface area (Å²) in [4.78, 5) is 8.94. The summed E-state index contributed by atoms with van der Waals surface area (Å²) in [5, 5.41) is 5.65. The molecule has 123 valence electrons. The molecule has 0 aliphatic carbocycles. The van der Waals surface area contributed by atoms with Crippen molar-refractivity contribution >= 4 is 10.9 Å². The van der Waals surface area contributed by atoms with Gasteiger partial charge in [-0.3, -0.25) is 4.68 Å². The molecule has 4 aromatic rings. The van der Waals surface area contributed by atoms with Gasteiger partial charge in [0.25, 0.3) is 0 Å². The van der Waals surface area contributed by atoms with Gasteiger partial charge in [0.1, 0.15) is 17.8 Å². The summed E-state index contributed by atoms with van der Waals surface area (Å²) in [6, 6.07) is 17.0. The third-order valence-corrected chi connectivity index (χ3v) is 4.38. The maximum Gasteiger partial charge on any atom is 0.129 e. The van der Waals surface area contributed by atoms with Crippen LogP contribution in [0.4, 0.5) is 0 Å². The number of rotatable bonds is 3. The van der Waals surface area contributed by atoms with Gasteiger partial charge in [0, 0.05) is 41.4 Å². The van der Waals surface area contributed by atoms with E-state index in [1.54, 1.807) is 13.4 Å². The number of ether oxygens (including phenoxy) is 1. The maximum atomic E-state index is 5.26. The summed E-state index contributed by atoms with van der Waals surface area (Å²) in [6.07, 6.45) is 1.58. The van der Waals surface area contributed by atoms with E-state index in [1.807, 2.05) is 42.1 Å². The largest absolute Gasteiger partial charge is 0.496 e. The van der Waals surface area contributed by atoms with Crippen molar-refractivity contribution in [1.82, 2.24) is 19.7 Å². The quantitative estimate of drug-likeness (QED) is 0.573. The predicted molar refractivity (Wildman–Crippen MR) is 97.3 cm³/mol. The topological polar surface area (TPSA) is 52.8 Å². The van der Waals surface area contributed by atoms with Gasteiger partial charge in [-0.25, -0.2) is 9.97 Å². The Hall–Kier alpha value is -3.21. The molecule has 25 heavy (non-hydrogen) atoms. The maximum absolute atomic E-state index is 5.26. The van der Waals surface area contributed by atoms with Crippen LogP contribution in [0.5, 0.6) is 5.75 Å². The molecular weight excluding hydrogens is 312 g/mol. The highest BCUT2D eigenvalue weighted by Crippen LogP contribution is 2.36. The molecule has 5 nitrogen and oxygen atoms in total. The fourth-order valence-corrected chi connectivity index (χ4v) is 2.98. The number of hydrogen-bond donors (Lipinski definition) is 0. The van der Waals surface area contributed by atoms with Crippen LogP contribution in [0.3, 0.4) is 0 Å². The summed E-state index contributed by atoms with van der Waals surface area (Å²) < 4.78 is 7.14. The van der Waals surface area contributed by atoms with Crippen LogP contribution in [0.2, 0.25) is 0 Å². The Morgan fingerprint density at radius 2 is 1.88 bits per heavy atom. The second kappa shape index (κ2) is 6.02. The molecule has 2 heterocycles. The van der Waals surface area contributed by atoms with Crippen molar-refractivity contribution in [1.29, 1.82) is 0 Å². The van der Waals surface area contributed by atoms with Crippen molar-refractivity contribution in [3.05, 3.63) is 60.6 Å². The minimum Gasteiger partial charge on any atom is -0.496 e. The van der Waals surface area contributed by atoms with Crippen LogP contribution in [0, 0.1) is 13.0 Å². The van der Waals surface area contributed by atoms with Crippen molar-refractivity contribution in [3.63, 3.8) is 0 Å². The fourth-order valence-electron chi connectivity index (χ4n) is 2.98. The summed E-state index contributed by atoms with van der Waals surface area (Å²) in [6.45, 7) is 2.05. The standard InChI is InChI=1S/C20H17N4O/c1-13-18(19(23-24(13)2)14-7-5-4-6-8-14)20-16-10-9-15(25-3)11-17(16)21-12-22-20/h4-8,10-12H,1-3H3. The Morgan fingerprint density at radius 3 is 2.64 bits per heavy atom. The van der Waals surface area contributed by atoms with E-state index in [2.05, 4.69) is 35.1 Å². The van der Waals surface area contributed by atoms with E-state index in [1.165, 1.54) is 0 Å². The number of aromatic nitrogens is 4. The first-order valence-electron chi connectivity index (χ1n) is 7.99. The lowest BCUT2D eigenvalue weighted by molar-refractivity contribution is 0.414. The predicted octanol–water partition coefficient (Wildman–Crippen LogP) is 3.81. The molecule has 0 bridgehead atoms. The second-order valence-corrected chi connectivity index (χ2v) is 5.82. The van der Waals surface area contributed by atoms with E-state index >= 15 is 0 Å². The molecule has 0 unspecified atom stereocenters. The lowest BCUT2D eigenvalue weighted by Gasteiger charge is -2.08. The highest BCUT2D eigenvalue weighted by Gasteiger charge is 2.20. The van der Waals surface area contributed by atoms with Crippen molar-refractivity contribution < 1.29 is 4.74 Å². The summed E-state index contributed by atoms with van der Waals surface area (Å²) >= 11 is 0. The van der Waals surface area contributed by atoms with Gasteiger partial charge >= 0.3 is 0 Å². The highest BCUT2D eigenvalue weighted by atomic mass is 16.5. The van der Waals surface area contributed by atoms with Gasteiger partial charge in [-0.1, -0.05) is 30.3 Å². The van der Waals surface area contributed by atoms with Gasteiger partial charge in [-0.2, -0.15) is 5.10 Å². The van der Waals surface area contributed by atoms with Crippen LogP contribution < -0.4 is 4.74 Å². The molecule has 5 heteroatoms. The van der Waals surface area contributed by atoms with Gasteiger partial charge in [-0.05, 0) is 13.0 Å². The first-order chi connectivity index (χ1) is 12.2. The van der Waals surface area contributed by atoms with E-state index in [4.69, 9.17) is 9.84 Å². The third-order valence-electron chi connectivity index (χ3n) is 4.38. The number of nitrogens with zero attached hydrogens (tertiary/aromatic N) is 4. The molecule has 2 aromatic heterocycles. The fraction of sp³-hybridized carbons (Fsp3) is 0.150. The average Bonchev–Trinajstić information content (AvgIpc) is 2.96. The molecular formula is C20H17N4O. The number of fused-ring (bicyclic) bond motifs is 1. The molecule has 0 saturated heterocycles. The normalized spacial score (nSPS) is 11.0. The molecule has 0 atom stereocenters. The Kier molecular flexibility index (Phi) is 3.69. The van der Waals surface area contributed by atoms with Crippen molar-refractivity contribution in [2.45, 2.75) is 6.92 Å². The zero-order chi connectivity index (χ0) is 17.4. The smallest absolute Gasteiger partial charge is 0.129 e. The highest BCUT2D eigenvalue weighted by molar-refractivity contribution is 5.97. The van der Waals surface area contributed by atoms with Crippen LogP contribution in [0.15, 0.2) is 48.8 Å². The van der Waals surface area contributed by atoms with Crippen LogP contribution >= 0.6 is 0 Å². The van der Waals surface area contributed by atoms with E-state index < -0.39 is 0 Å². The molecule has 2 aromatic carbocycles. The van der Waals surface area contributed by atoms with Crippen molar-refractivity contribution in [2.24, 2.45) is 7.05 Å². The lowest BCUT2D eigenvalue weighted by atomic mass is 10.0. The first kappa shape index (κ1) is 15.3. The average molecular weight is 329 g/mol. The van der Waals surface area contributed by atoms with Gasteiger partial charge in [0.2, 0.25) is 0 Å². The van der Waals surface area contributed by atoms with E-state index in [0.717, 1.165) is 39.1 Å². The number of methoxy groups -OCH3 is 1. The first-order valence-corrected chi connectivity index (χ1v) is 7.99. The summed E-state index contributed by atoms with van der Waals surface area (Å²) in [7, 11) is 3.57. The number of hydrogen-bond acceptors (Lipinski definition) is 4. The zero-order valence-electron chi connectivity index (χ0n) is 14.3. The number of benzene rings is 2. The van der Waals surface area contributed by atoms with Crippen LogP contribution in [-0.2, 0) is 7.05 Å². The van der Waals surface area contributed by atoms with E-state index in [-0.39, 0.29) is 0 Å². The minimum atomic E-state index is 0.656. The van der Waals surface area contributed by atoms with Gasteiger partial charge in [-0.15, -0.1) is 0 Å². The monoisotopic (exact) mass is 329 g/mol. The van der Waals surface area contributed by atoms with E-state index in [0.29, 0.717) is 5.75 Å². The van der Waals surface area contributed by atoms with Crippen molar-refractivity contribution in [2.75, 3.05) is 7.11 Å².